The average Bonchev–Trinajstić information content (AvgIpc) is 2.73. The summed E-state index contributed by atoms with van der Waals surface area (Å²) < 4.78 is 40.9. The van der Waals surface area contributed by atoms with Gasteiger partial charge in [0.05, 0.1) is 11.5 Å². The second-order valence-corrected chi connectivity index (χ2v) is 7.85. The zero-order chi connectivity index (χ0) is 20.0. The number of aromatic nitrogens is 2. The maximum atomic E-state index is 13.3. The van der Waals surface area contributed by atoms with Crippen molar-refractivity contribution in [1.29, 1.82) is 0 Å². The molecule has 0 spiro atoms. The van der Waals surface area contributed by atoms with Gasteiger partial charge in [-0.05, 0) is 29.8 Å². The molecule has 2 aromatic carbocycles. The van der Waals surface area contributed by atoms with Crippen molar-refractivity contribution in [2.75, 3.05) is 6.54 Å². The van der Waals surface area contributed by atoms with Crippen molar-refractivity contribution in [3.8, 4) is 0 Å². The fourth-order valence-electron chi connectivity index (χ4n) is 2.67. The summed E-state index contributed by atoms with van der Waals surface area (Å²) in [5.41, 5.74) is 1.09. The molecule has 1 N–H and O–H groups in total. The molecule has 28 heavy (non-hydrogen) atoms. The largest absolute Gasteiger partial charge is 0.253 e. The minimum Gasteiger partial charge on any atom is -0.253 e. The summed E-state index contributed by atoms with van der Waals surface area (Å²) in [4.78, 5) is 11.7. The van der Waals surface area contributed by atoms with E-state index in [9.17, 15) is 12.8 Å². The molecule has 1 unspecified atom stereocenters. The average molecular weight is 396 g/mol. The van der Waals surface area contributed by atoms with E-state index >= 15 is 0 Å². The second-order valence-electron chi connectivity index (χ2n) is 6.09. The van der Waals surface area contributed by atoms with Crippen molar-refractivity contribution >= 4 is 15.7 Å². The number of benzene rings is 2. The lowest BCUT2D eigenvalue weighted by Gasteiger charge is -2.18. The van der Waals surface area contributed by atoms with E-state index in [0.717, 1.165) is 5.56 Å². The highest BCUT2D eigenvalue weighted by atomic mass is 32.2. The summed E-state index contributed by atoms with van der Waals surface area (Å²) >= 11 is 0. The molecule has 0 aliphatic carbocycles. The monoisotopic (exact) mass is 396 g/mol. The molecule has 0 aliphatic heterocycles. The van der Waals surface area contributed by atoms with Gasteiger partial charge in [0.1, 0.15) is 11.6 Å². The standard InChI is InChI=1S/C20H17FN4O2S/c1-22-18-13-23-20(24-14-18)11-16(15-7-9-17(21)10-8-15)12-25-28(26,27)19-5-3-2-4-6-19/h2-10,13-14,16,25H,11-12H2. The molecular formula is C20H17FN4O2S. The number of halogens is 1. The van der Waals surface area contributed by atoms with Crippen LogP contribution in [0.4, 0.5) is 10.1 Å². The SMILES string of the molecule is [C-]#[N+]c1cnc(CC(CNS(=O)(=O)c2ccccc2)c2ccc(F)cc2)nc1. The number of sulfonamides is 1. The summed E-state index contributed by atoms with van der Waals surface area (Å²) in [6.45, 7) is 7.05. The van der Waals surface area contributed by atoms with Crippen molar-refractivity contribution in [2.24, 2.45) is 0 Å². The van der Waals surface area contributed by atoms with E-state index in [-0.39, 0.29) is 23.2 Å². The summed E-state index contributed by atoms with van der Waals surface area (Å²) in [6.07, 6.45) is 3.18. The van der Waals surface area contributed by atoms with Crippen LogP contribution in [0.2, 0.25) is 0 Å². The molecule has 1 heterocycles. The predicted molar refractivity (Wildman–Crippen MR) is 103 cm³/mol. The summed E-state index contributed by atoms with van der Waals surface area (Å²) in [6, 6.07) is 14.0. The molecule has 0 saturated heterocycles. The molecule has 0 radical (unpaired) electrons. The third-order valence-corrected chi connectivity index (χ3v) is 5.60. The van der Waals surface area contributed by atoms with E-state index in [0.29, 0.717) is 17.9 Å². The van der Waals surface area contributed by atoms with Crippen molar-refractivity contribution in [3.63, 3.8) is 0 Å². The molecule has 3 rings (SSSR count). The van der Waals surface area contributed by atoms with Crippen LogP contribution in [-0.2, 0) is 16.4 Å². The van der Waals surface area contributed by atoms with Crippen LogP contribution >= 0.6 is 0 Å². The smallest absolute Gasteiger partial charge is 0.240 e. The number of hydrogen-bond donors (Lipinski definition) is 1. The summed E-state index contributed by atoms with van der Waals surface area (Å²) in [5.74, 6) is -0.205. The zero-order valence-corrected chi connectivity index (χ0v) is 15.6. The van der Waals surface area contributed by atoms with Gasteiger partial charge >= 0.3 is 0 Å². The van der Waals surface area contributed by atoms with E-state index in [1.165, 1.54) is 36.7 Å². The van der Waals surface area contributed by atoms with Gasteiger partial charge in [0.25, 0.3) is 0 Å². The van der Waals surface area contributed by atoms with Crippen LogP contribution in [0.3, 0.4) is 0 Å². The van der Waals surface area contributed by atoms with Crippen LogP contribution in [0.25, 0.3) is 4.85 Å². The molecular weight excluding hydrogens is 379 g/mol. The molecule has 142 valence electrons. The molecule has 0 aliphatic rings. The van der Waals surface area contributed by atoms with Gasteiger partial charge in [-0.2, -0.15) is 0 Å². The highest BCUT2D eigenvalue weighted by Gasteiger charge is 2.19. The molecule has 6 nitrogen and oxygen atoms in total. The fourth-order valence-corrected chi connectivity index (χ4v) is 3.77. The maximum absolute atomic E-state index is 13.3. The third-order valence-electron chi connectivity index (χ3n) is 4.16. The lowest BCUT2D eigenvalue weighted by atomic mass is 9.95. The van der Waals surface area contributed by atoms with Gasteiger partial charge in [0, 0.05) is 31.3 Å². The van der Waals surface area contributed by atoms with Crippen LogP contribution in [0, 0.1) is 12.4 Å². The van der Waals surface area contributed by atoms with Crippen LogP contribution in [0.5, 0.6) is 0 Å². The van der Waals surface area contributed by atoms with Crippen molar-refractivity contribution < 1.29 is 12.8 Å². The Labute approximate surface area is 163 Å². The minimum absolute atomic E-state index is 0.0940. The van der Waals surface area contributed by atoms with Crippen LogP contribution in [0.1, 0.15) is 17.3 Å². The molecule has 1 aromatic heterocycles. The maximum Gasteiger partial charge on any atom is 0.240 e. The van der Waals surface area contributed by atoms with Crippen molar-refractivity contribution in [2.45, 2.75) is 17.2 Å². The zero-order valence-electron chi connectivity index (χ0n) is 14.8. The normalized spacial score (nSPS) is 12.3. The van der Waals surface area contributed by atoms with Crippen LogP contribution < -0.4 is 4.72 Å². The second kappa shape index (κ2) is 8.69. The Kier molecular flexibility index (Phi) is 6.09. The molecule has 0 saturated carbocycles. The topological polar surface area (TPSA) is 76.3 Å². The van der Waals surface area contributed by atoms with E-state index in [4.69, 9.17) is 6.57 Å². The Morgan fingerprint density at radius 1 is 1.04 bits per heavy atom. The van der Waals surface area contributed by atoms with Gasteiger partial charge in [-0.15, -0.1) is 0 Å². The first-order valence-electron chi connectivity index (χ1n) is 8.46. The lowest BCUT2D eigenvalue weighted by molar-refractivity contribution is 0.564. The van der Waals surface area contributed by atoms with Gasteiger partial charge in [0.15, 0.2) is 0 Å². The molecule has 0 fully saturated rings. The van der Waals surface area contributed by atoms with Gasteiger partial charge in [0.2, 0.25) is 15.7 Å². The number of nitrogens with zero attached hydrogens (tertiary/aromatic N) is 3. The summed E-state index contributed by atoms with van der Waals surface area (Å²) in [7, 11) is -3.68. The molecule has 1 atom stereocenters. The number of rotatable bonds is 7. The molecule has 0 amide bonds. The Balaban J connectivity index is 1.81. The van der Waals surface area contributed by atoms with E-state index in [1.54, 1.807) is 30.3 Å². The van der Waals surface area contributed by atoms with Gasteiger partial charge in [-0.25, -0.2) is 22.4 Å². The molecule has 0 bridgehead atoms. The first kappa shape index (κ1) is 19.6. The Morgan fingerprint density at radius 3 is 2.29 bits per heavy atom. The first-order chi connectivity index (χ1) is 13.5. The van der Waals surface area contributed by atoms with Crippen LogP contribution in [-0.4, -0.2) is 24.9 Å². The van der Waals surface area contributed by atoms with Gasteiger partial charge in [-0.3, -0.25) is 9.97 Å². The van der Waals surface area contributed by atoms with Crippen LogP contribution in [0.15, 0.2) is 71.9 Å². The Bertz CT molecular complexity index is 1060. The van der Waals surface area contributed by atoms with E-state index in [2.05, 4.69) is 19.5 Å². The first-order valence-corrected chi connectivity index (χ1v) is 9.95. The number of nitrogens with one attached hydrogen (secondary N) is 1. The fraction of sp³-hybridized carbons (Fsp3) is 0.150. The Hall–Kier alpha value is -3.15. The lowest BCUT2D eigenvalue weighted by Crippen LogP contribution is -2.29. The molecule has 8 heteroatoms. The van der Waals surface area contributed by atoms with Gasteiger partial charge in [-0.1, -0.05) is 30.3 Å². The Morgan fingerprint density at radius 2 is 1.68 bits per heavy atom. The number of hydrogen-bond acceptors (Lipinski definition) is 4. The van der Waals surface area contributed by atoms with Crippen molar-refractivity contribution in [1.82, 2.24) is 14.7 Å². The molecule has 3 aromatic rings. The quantitative estimate of drug-likeness (QED) is 0.621. The minimum atomic E-state index is -3.68. The highest BCUT2D eigenvalue weighted by Crippen LogP contribution is 2.21. The third kappa shape index (κ3) is 4.97. The van der Waals surface area contributed by atoms with E-state index in [1.807, 2.05) is 0 Å². The van der Waals surface area contributed by atoms with E-state index < -0.39 is 10.0 Å². The van der Waals surface area contributed by atoms with Gasteiger partial charge < -0.3 is 0 Å². The summed E-state index contributed by atoms with van der Waals surface area (Å²) in [5, 5.41) is 0. The highest BCUT2D eigenvalue weighted by molar-refractivity contribution is 7.89. The van der Waals surface area contributed by atoms with Crippen molar-refractivity contribution in [3.05, 3.63) is 95.6 Å². The predicted octanol–water partition coefficient (Wildman–Crippen LogP) is 3.47.